The number of nitrogens with one attached hydrogen (secondary N) is 1. The van der Waals surface area contributed by atoms with Crippen molar-refractivity contribution in [1.29, 1.82) is 0 Å². The van der Waals surface area contributed by atoms with Crippen LogP contribution in [0.15, 0.2) is 0 Å². The van der Waals surface area contributed by atoms with Gasteiger partial charge in [-0.05, 0) is 99.7 Å². The zero-order valence-electron chi connectivity index (χ0n) is 17.5. The molecule has 8 atom stereocenters. The van der Waals surface area contributed by atoms with Crippen molar-refractivity contribution in [1.82, 2.24) is 5.32 Å². The van der Waals surface area contributed by atoms with E-state index in [1.165, 1.54) is 32.1 Å². The molecule has 0 aromatic carbocycles. The summed E-state index contributed by atoms with van der Waals surface area (Å²) >= 11 is 0. The average Bonchev–Trinajstić information content (AvgIpc) is 3.02. The number of hydrogen-bond acceptors (Lipinski definition) is 3. The van der Waals surface area contributed by atoms with Gasteiger partial charge < -0.3 is 15.2 Å². The molecule has 4 saturated carbocycles. The molecule has 154 valence electrons. The molecular weight excluding hydrogens is 338 g/mol. The van der Waals surface area contributed by atoms with Crippen LogP contribution in [0.4, 0.5) is 0 Å². The normalized spacial score (nSPS) is 49.0. The molecule has 4 fully saturated rings. The summed E-state index contributed by atoms with van der Waals surface area (Å²) in [7, 11) is 1.79. The van der Waals surface area contributed by atoms with Crippen LogP contribution in [0, 0.1) is 40.9 Å². The quantitative estimate of drug-likeness (QED) is 0.784. The van der Waals surface area contributed by atoms with Crippen LogP contribution in [0.3, 0.4) is 0 Å². The van der Waals surface area contributed by atoms with Gasteiger partial charge in [0, 0.05) is 19.6 Å². The molecule has 27 heavy (non-hydrogen) atoms. The molecule has 4 heteroatoms. The molecule has 0 aliphatic heterocycles. The maximum atomic E-state index is 12.5. The lowest BCUT2D eigenvalue weighted by atomic mass is 9.49. The van der Waals surface area contributed by atoms with Gasteiger partial charge in [-0.15, -0.1) is 0 Å². The molecule has 0 heterocycles. The number of amides is 1. The molecule has 0 bridgehead atoms. The van der Waals surface area contributed by atoms with Crippen molar-refractivity contribution < 1.29 is 14.6 Å². The van der Waals surface area contributed by atoms with Gasteiger partial charge in [-0.25, -0.2) is 0 Å². The lowest BCUT2D eigenvalue weighted by Crippen LogP contribution is -2.52. The molecule has 0 spiro atoms. The van der Waals surface area contributed by atoms with Gasteiger partial charge in [-0.2, -0.15) is 0 Å². The number of ether oxygens (including phenoxy) is 1. The molecule has 1 amide bonds. The van der Waals surface area contributed by atoms with Crippen molar-refractivity contribution in [3.8, 4) is 0 Å². The third-order valence-electron chi connectivity index (χ3n) is 9.24. The van der Waals surface area contributed by atoms with Gasteiger partial charge >= 0.3 is 0 Å². The van der Waals surface area contributed by atoms with E-state index in [0.717, 1.165) is 49.4 Å². The van der Waals surface area contributed by atoms with Crippen LogP contribution in [-0.2, 0) is 9.53 Å². The van der Waals surface area contributed by atoms with Crippen LogP contribution in [0.25, 0.3) is 0 Å². The van der Waals surface area contributed by atoms with Crippen LogP contribution in [0.1, 0.15) is 71.6 Å². The summed E-state index contributed by atoms with van der Waals surface area (Å²) in [5.74, 6) is 4.29. The van der Waals surface area contributed by atoms with Crippen LogP contribution >= 0.6 is 0 Å². The molecule has 0 radical (unpaired) electrons. The minimum absolute atomic E-state index is 0.207. The molecule has 4 nitrogen and oxygen atoms in total. The Labute approximate surface area is 164 Å². The Morgan fingerprint density at radius 2 is 1.85 bits per heavy atom. The molecule has 4 rings (SSSR count). The Bertz CT molecular complexity index is 566. The molecule has 0 aromatic heterocycles. The molecule has 4 aliphatic rings. The fourth-order valence-corrected chi connectivity index (χ4v) is 7.99. The van der Waals surface area contributed by atoms with E-state index in [1.807, 2.05) is 6.92 Å². The third kappa shape index (κ3) is 3.25. The maximum absolute atomic E-state index is 12.5. The number of rotatable bonds is 4. The third-order valence-corrected chi connectivity index (χ3v) is 9.24. The number of hydrogen-bond donors (Lipinski definition) is 2. The molecule has 0 aromatic rings. The van der Waals surface area contributed by atoms with Crippen LogP contribution in [0.2, 0.25) is 0 Å². The van der Waals surface area contributed by atoms with E-state index in [2.05, 4.69) is 12.2 Å². The molecular formula is C23H39NO3. The first-order valence-corrected chi connectivity index (χ1v) is 11.4. The Morgan fingerprint density at radius 3 is 2.59 bits per heavy atom. The fraction of sp³-hybridized carbons (Fsp3) is 0.957. The van der Waals surface area contributed by atoms with E-state index in [-0.39, 0.29) is 17.2 Å². The maximum Gasteiger partial charge on any atom is 0.223 e. The first-order chi connectivity index (χ1) is 12.9. The summed E-state index contributed by atoms with van der Waals surface area (Å²) in [6, 6.07) is 0. The Balaban J connectivity index is 1.47. The minimum atomic E-state index is -0.592. The second-order valence-corrected chi connectivity index (χ2v) is 10.3. The first kappa shape index (κ1) is 19.7. The summed E-state index contributed by atoms with van der Waals surface area (Å²) in [4.78, 5) is 12.5. The monoisotopic (exact) mass is 377 g/mol. The van der Waals surface area contributed by atoms with Crippen molar-refractivity contribution >= 4 is 5.91 Å². The van der Waals surface area contributed by atoms with Crippen LogP contribution in [-0.4, -0.2) is 36.9 Å². The van der Waals surface area contributed by atoms with E-state index in [4.69, 9.17) is 4.74 Å². The Morgan fingerprint density at radius 1 is 1.07 bits per heavy atom. The highest BCUT2D eigenvalue weighted by Gasteiger charge is 2.59. The van der Waals surface area contributed by atoms with Crippen molar-refractivity contribution in [3.63, 3.8) is 0 Å². The zero-order valence-corrected chi connectivity index (χ0v) is 17.5. The van der Waals surface area contributed by atoms with E-state index in [9.17, 15) is 9.90 Å². The highest BCUT2D eigenvalue weighted by Crippen LogP contribution is 2.64. The van der Waals surface area contributed by atoms with E-state index >= 15 is 0 Å². The van der Waals surface area contributed by atoms with Gasteiger partial charge in [-0.1, -0.05) is 6.92 Å². The molecule has 0 saturated heterocycles. The predicted molar refractivity (Wildman–Crippen MR) is 106 cm³/mol. The van der Waals surface area contributed by atoms with Gasteiger partial charge in [0.2, 0.25) is 5.91 Å². The predicted octanol–water partition coefficient (Wildman–Crippen LogP) is 3.77. The number of aliphatic hydroxyl groups is 1. The Kier molecular flexibility index (Phi) is 5.35. The highest BCUT2D eigenvalue weighted by atomic mass is 16.5. The summed E-state index contributed by atoms with van der Waals surface area (Å²) in [6.45, 7) is 5.62. The van der Waals surface area contributed by atoms with Crippen molar-refractivity contribution in [2.75, 3.05) is 20.3 Å². The van der Waals surface area contributed by atoms with Crippen molar-refractivity contribution in [2.24, 2.45) is 40.9 Å². The van der Waals surface area contributed by atoms with Gasteiger partial charge in [0.25, 0.3) is 0 Å². The van der Waals surface area contributed by atoms with Crippen LogP contribution < -0.4 is 5.32 Å². The van der Waals surface area contributed by atoms with E-state index in [1.54, 1.807) is 7.05 Å². The van der Waals surface area contributed by atoms with Crippen molar-refractivity contribution in [2.45, 2.75) is 77.2 Å². The minimum Gasteiger partial charge on any atom is -0.387 e. The first-order valence-electron chi connectivity index (χ1n) is 11.4. The molecule has 0 unspecified atom stereocenters. The van der Waals surface area contributed by atoms with Crippen molar-refractivity contribution in [3.05, 3.63) is 0 Å². The summed E-state index contributed by atoms with van der Waals surface area (Å²) < 4.78 is 5.59. The standard InChI is InChI=1S/C23H39NO3/c1-4-27-14-23(26)12-10-16-15(13-23)5-6-18-17(16)9-11-22(2)19(18)7-8-20(22)21(25)24-3/h15-20,26H,4-14H2,1-3H3,(H,24,25)/t15-,16+,17-,18-,19+,20-,22+,23-/m1/s1. The lowest BCUT2D eigenvalue weighted by Gasteiger charge is -2.57. The SMILES string of the molecule is CCOC[C@@]1(O)CC[C@H]2[C@H](CC[C@@H]3[C@@H]2CC[C@]2(C)[C@@H](C(=O)NC)CC[C@@H]32)C1. The van der Waals surface area contributed by atoms with Gasteiger partial charge in [0.05, 0.1) is 12.2 Å². The topological polar surface area (TPSA) is 58.6 Å². The van der Waals surface area contributed by atoms with Crippen LogP contribution in [0.5, 0.6) is 0 Å². The average molecular weight is 378 g/mol. The zero-order chi connectivity index (χ0) is 19.2. The smallest absolute Gasteiger partial charge is 0.223 e. The van der Waals surface area contributed by atoms with E-state index < -0.39 is 5.60 Å². The second-order valence-electron chi connectivity index (χ2n) is 10.3. The number of carbonyl (C=O) groups is 1. The van der Waals surface area contributed by atoms with Gasteiger partial charge in [-0.3, -0.25) is 4.79 Å². The second kappa shape index (κ2) is 7.33. The van der Waals surface area contributed by atoms with Gasteiger partial charge in [0.1, 0.15) is 0 Å². The summed E-state index contributed by atoms with van der Waals surface area (Å²) in [5, 5.41) is 13.9. The number of carbonyl (C=O) groups excluding carboxylic acids is 1. The molecule has 4 aliphatic carbocycles. The number of fused-ring (bicyclic) bond motifs is 5. The molecule has 2 N–H and O–H groups in total. The van der Waals surface area contributed by atoms with E-state index in [0.29, 0.717) is 19.1 Å². The largest absolute Gasteiger partial charge is 0.387 e. The lowest BCUT2D eigenvalue weighted by molar-refractivity contribution is -0.138. The van der Waals surface area contributed by atoms with Gasteiger partial charge in [0.15, 0.2) is 0 Å². The highest BCUT2D eigenvalue weighted by molar-refractivity contribution is 5.79. The summed E-state index contributed by atoms with van der Waals surface area (Å²) in [6.07, 6.45) is 10.4. The summed E-state index contributed by atoms with van der Waals surface area (Å²) in [5.41, 5.74) is -0.386. The Hall–Kier alpha value is -0.610. The fourth-order valence-electron chi connectivity index (χ4n) is 7.99.